The molecule has 11 rings (SSSR count). The van der Waals surface area contributed by atoms with Gasteiger partial charge in [0.15, 0.2) is 0 Å². The molecule has 11 aromatic rings. The number of phenols is 1. The molecule has 0 amide bonds. The molecule has 3 heterocycles. The van der Waals surface area contributed by atoms with Gasteiger partial charge in [-0.3, -0.25) is 9.55 Å². The largest absolute Gasteiger partial charge is 0.507 e. The van der Waals surface area contributed by atoms with Crippen LogP contribution in [0, 0.1) is 0 Å². The molecule has 0 fully saturated rings. The molecule has 0 saturated heterocycles. The smallest absolute Gasteiger partial charge is 0.149 e. The number of benzene rings is 8. The molecule has 0 unspecified atom stereocenters. The number of imidazole rings is 1. The Hall–Kier alpha value is -8.02. The zero-order valence-electron chi connectivity index (χ0n) is 45.6. The predicted molar refractivity (Wildman–Crippen MR) is 317 cm³/mol. The van der Waals surface area contributed by atoms with E-state index in [1.165, 1.54) is 27.4 Å². The summed E-state index contributed by atoms with van der Waals surface area (Å²) in [5.74, 6) is 0.946. The van der Waals surface area contributed by atoms with Crippen molar-refractivity contribution in [2.75, 3.05) is 0 Å². The van der Waals surface area contributed by atoms with Gasteiger partial charge in [-0.05, 0) is 133 Å². The van der Waals surface area contributed by atoms with E-state index in [0.29, 0.717) is 11.4 Å². The van der Waals surface area contributed by atoms with E-state index in [4.69, 9.17) is 9.97 Å². The maximum atomic E-state index is 12.7. The first-order valence-corrected chi connectivity index (χ1v) is 26.4. The summed E-state index contributed by atoms with van der Waals surface area (Å²) in [6.45, 7) is 26.9. The Morgan fingerprint density at radius 2 is 1.00 bits per heavy atom. The maximum Gasteiger partial charge on any atom is 0.149 e. The second-order valence-electron chi connectivity index (χ2n) is 24.6. The monoisotopic (exact) mass is 981 g/mol. The van der Waals surface area contributed by atoms with Crippen molar-refractivity contribution in [3.05, 3.63) is 210 Å². The molecule has 5 nitrogen and oxygen atoms in total. The fourth-order valence-electron chi connectivity index (χ4n) is 10.8. The molecule has 8 aromatic carbocycles. The minimum absolute atomic E-state index is 0.0859. The van der Waals surface area contributed by atoms with Crippen LogP contribution in [-0.2, 0) is 21.7 Å². The van der Waals surface area contributed by atoms with Crippen LogP contribution in [0.3, 0.4) is 0 Å². The van der Waals surface area contributed by atoms with Crippen LogP contribution in [-0.4, -0.2) is 24.2 Å². The third-order valence-corrected chi connectivity index (χ3v) is 15.1. The Morgan fingerprint density at radius 1 is 0.387 bits per heavy atom. The molecule has 0 saturated carbocycles. The molecule has 0 aliphatic heterocycles. The summed E-state index contributed by atoms with van der Waals surface area (Å²) in [5.41, 5.74) is 19.1. The lowest BCUT2D eigenvalue weighted by atomic mass is 9.79. The first-order valence-electron chi connectivity index (χ1n) is 26.4. The third-order valence-electron chi connectivity index (χ3n) is 15.1. The van der Waals surface area contributed by atoms with Gasteiger partial charge in [0.25, 0.3) is 0 Å². The summed E-state index contributed by atoms with van der Waals surface area (Å²) >= 11 is 0. The number of nitrogens with zero attached hydrogens (tertiary/aromatic N) is 4. The summed E-state index contributed by atoms with van der Waals surface area (Å²) < 4.78 is 4.67. The molecule has 3 aromatic heterocycles. The van der Waals surface area contributed by atoms with E-state index in [0.717, 1.165) is 83.7 Å². The summed E-state index contributed by atoms with van der Waals surface area (Å²) in [4.78, 5) is 10.8. The van der Waals surface area contributed by atoms with Gasteiger partial charge in [0, 0.05) is 44.9 Å². The molecule has 0 radical (unpaired) electrons. The third kappa shape index (κ3) is 9.03. The topological polar surface area (TPSA) is 55.9 Å². The van der Waals surface area contributed by atoms with Gasteiger partial charge in [-0.15, -0.1) is 0 Å². The predicted octanol–water partition coefficient (Wildman–Crippen LogP) is 18.7. The van der Waals surface area contributed by atoms with E-state index in [9.17, 15) is 5.11 Å². The van der Waals surface area contributed by atoms with Crippen LogP contribution < -0.4 is 0 Å². The first kappa shape index (κ1) is 49.2. The maximum absolute atomic E-state index is 12.7. The number of para-hydroxylation sites is 3. The van der Waals surface area contributed by atoms with Crippen molar-refractivity contribution in [3.8, 4) is 73.2 Å². The lowest BCUT2D eigenvalue weighted by molar-refractivity contribution is 0.446. The van der Waals surface area contributed by atoms with Gasteiger partial charge in [-0.1, -0.05) is 192 Å². The quantitative estimate of drug-likeness (QED) is 0.173. The molecule has 0 aliphatic carbocycles. The van der Waals surface area contributed by atoms with Crippen molar-refractivity contribution in [1.29, 1.82) is 0 Å². The van der Waals surface area contributed by atoms with Gasteiger partial charge >= 0.3 is 0 Å². The molecule has 0 atom stereocenters. The van der Waals surface area contributed by atoms with E-state index >= 15 is 0 Å². The van der Waals surface area contributed by atoms with E-state index in [1.54, 1.807) is 0 Å². The van der Waals surface area contributed by atoms with Crippen molar-refractivity contribution in [2.45, 2.75) is 105 Å². The molecule has 75 heavy (non-hydrogen) atoms. The van der Waals surface area contributed by atoms with Crippen LogP contribution in [0.2, 0.25) is 0 Å². The highest BCUT2D eigenvalue weighted by Crippen LogP contribution is 2.47. The summed E-state index contributed by atoms with van der Waals surface area (Å²) in [6, 6.07) is 65.9. The average Bonchev–Trinajstić information content (AvgIpc) is 3.96. The second kappa shape index (κ2) is 18.1. The number of fused-ring (bicyclic) bond motifs is 4. The van der Waals surface area contributed by atoms with Crippen LogP contribution in [0.15, 0.2) is 188 Å². The molecular weight excluding hydrogens is 913 g/mol. The van der Waals surface area contributed by atoms with Gasteiger partial charge in [-0.25, -0.2) is 4.98 Å². The standard InChI is InChI=1S/C70H68N4O/c1-67(2,3)49-31-33-61(56(41-49)44-22-15-13-16-23-44)74-62-29-21-27-53(64(62)72-66(74)57-42-51(69(7,8)9)43-58(65(57)75)70(10,11)12)47-36-48(38-50(37-47)68(4,5)6)59-39-46(34-35-71-59)45-30-32-55-54-26-19-20-28-60(54)73(63(55)40-45)52-24-17-14-18-25-52/h13-43,75H,1-12H3. The van der Waals surface area contributed by atoms with Crippen LogP contribution in [0.4, 0.5) is 0 Å². The van der Waals surface area contributed by atoms with Crippen molar-refractivity contribution in [3.63, 3.8) is 0 Å². The zero-order chi connectivity index (χ0) is 52.8. The van der Waals surface area contributed by atoms with Gasteiger partial charge in [-0.2, -0.15) is 0 Å². The van der Waals surface area contributed by atoms with E-state index in [-0.39, 0.29) is 27.4 Å². The van der Waals surface area contributed by atoms with E-state index in [2.05, 4.69) is 274 Å². The van der Waals surface area contributed by atoms with Crippen molar-refractivity contribution >= 4 is 32.8 Å². The number of aromatic nitrogens is 4. The summed E-state index contributed by atoms with van der Waals surface area (Å²) in [7, 11) is 0. The highest BCUT2D eigenvalue weighted by Gasteiger charge is 2.30. The minimum Gasteiger partial charge on any atom is -0.507 e. The zero-order valence-corrected chi connectivity index (χ0v) is 45.6. The highest BCUT2D eigenvalue weighted by molar-refractivity contribution is 6.10. The number of phenolic OH excluding ortho intramolecular Hbond substituents is 1. The summed E-state index contributed by atoms with van der Waals surface area (Å²) in [6.07, 6.45) is 1.94. The number of hydrogen-bond acceptors (Lipinski definition) is 3. The SMILES string of the molecule is CC(C)(C)c1cc(-c2cc(-c3ccc4c5ccccc5n(-c5ccccc5)c4c3)ccn2)cc(-c2cccc3c2nc(-c2cc(C(C)(C)C)cc(C(C)(C)C)c2O)n3-c2ccc(C(C)(C)C)cc2-c2ccccc2)c1. The van der Waals surface area contributed by atoms with E-state index in [1.807, 2.05) is 6.20 Å². The Balaban J connectivity index is 1.14. The van der Waals surface area contributed by atoms with Gasteiger partial charge in [0.1, 0.15) is 11.6 Å². The molecule has 374 valence electrons. The molecule has 5 heteroatoms. The van der Waals surface area contributed by atoms with Crippen LogP contribution in [0.1, 0.15) is 105 Å². The molecule has 0 bridgehead atoms. The van der Waals surface area contributed by atoms with Crippen molar-refractivity contribution < 1.29 is 5.11 Å². The average molecular weight is 981 g/mol. The van der Waals surface area contributed by atoms with E-state index < -0.39 is 0 Å². The normalized spacial score (nSPS) is 12.6. The number of pyridine rings is 1. The Bertz CT molecular complexity index is 3980. The van der Waals surface area contributed by atoms with Crippen molar-refractivity contribution in [1.82, 2.24) is 19.1 Å². The Labute approximate surface area is 443 Å². The Kier molecular flexibility index (Phi) is 11.9. The fraction of sp³-hybridized carbons (Fsp3) is 0.229. The van der Waals surface area contributed by atoms with Crippen LogP contribution in [0.5, 0.6) is 5.75 Å². The molecular formula is C70H68N4O. The van der Waals surface area contributed by atoms with Crippen molar-refractivity contribution in [2.24, 2.45) is 0 Å². The van der Waals surface area contributed by atoms with Gasteiger partial charge in [0.2, 0.25) is 0 Å². The van der Waals surface area contributed by atoms with Gasteiger partial charge in [0.05, 0.1) is 39.0 Å². The highest BCUT2D eigenvalue weighted by atomic mass is 16.3. The number of aromatic hydroxyl groups is 1. The lowest BCUT2D eigenvalue weighted by Gasteiger charge is -2.28. The minimum atomic E-state index is -0.338. The molecule has 0 aliphatic rings. The molecule has 0 spiro atoms. The van der Waals surface area contributed by atoms with Gasteiger partial charge < -0.3 is 9.67 Å². The van der Waals surface area contributed by atoms with Crippen LogP contribution in [0.25, 0.3) is 100 Å². The number of hydrogen-bond donors (Lipinski definition) is 1. The second-order valence-corrected chi connectivity index (χ2v) is 24.6. The fourth-order valence-corrected chi connectivity index (χ4v) is 10.8. The number of rotatable bonds is 7. The first-order chi connectivity index (χ1) is 35.6. The Morgan fingerprint density at radius 3 is 1.71 bits per heavy atom. The molecule has 1 N–H and O–H groups in total. The lowest BCUT2D eigenvalue weighted by Crippen LogP contribution is -2.17. The summed E-state index contributed by atoms with van der Waals surface area (Å²) in [5, 5.41) is 15.1. The van der Waals surface area contributed by atoms with Crippen LogP contribution >= 0.6 is 0 Å².